The van der Waals surface area contributed by atoms with Crippen molar-refractivity contribution in [2.75, 3.05) is 19.8 Å². The van der Waals surface area contributed by atoms with Crippen LogP contribution in [0.5, 0.6) is 5.75 Å². The van der Waals surface area contributed by atoms with Crippen molar-refractivity contribution in [2.24, 2.45) is 5.73 Å². The van der Waals surface area contributed by atoms with Crippen molar-refractivity contribution in [1.82, 2.24) is 9.80 Å². The second-order valence-corrected chi connectivity index (χ2v) is 6.03. The molecule has 8 heteroatoms. The lowest BCUT2D eigenvalue weighted by Gasteiger charge is -2.29. The first-order valence-corrected chi connectivity index (χ1v) is 7.62. The molecule has 0 saturated heterocycles. The fourth-order valence-corrected chi connectivity index (χ4v) is 2.69. The number of benzene rings is 1. The second kappa shape index (κ2) is 6.26. The first kappa shape index (κ1) is 17.0. The molecule has 0 spiro atoms. The highest BCUT2D eigenvalue weighted by atomic mass is 19.1. The zero-order valence-corrected chi connectivity index (χ0v) is 13.5. The zero-order valence-electron chi connectivity index (χ0n) is 13.5. The van der Waals surface area contributed by atoms with Crippen LogP contribution in [0, 0.1) is 17.7 Å². The number of fused-ring (bicyclic) bond motifs is 3. The number of carbonyl (C=O) groups is 1. The minimum Gasteiger partial charge on any atom is -0.491 e. The number of amides is 2. The first-order valence-electron chi connectivity index (χ1n) is 7.62. The molecule has 2 aliphatic heterocycles. The van der Waals surface area contributed by atoms with Crippen LogP contribution in [0.25, 0.3) is 0 Å². The molecule has 2 atom stereocenters. The van der Waals surface area contributed by atoms with Crippen LogP contribution in [-0.4, -0.2) is 46.4 Å². The number of hydrogen-bond donors (Lipinski definition) is 2. The van der Waals surface area contributed by atoms with Gasteiger partial charge >= 0.3 is 6.03 Å². The molecular weight excluding hydrogens is 332 g/mol. The van der Waals surface area contributed by atoms with Crippen molar-refractivity contribution in [3.05, 3.63) is 41.5 Å². The van der Waals surface area contributed by atoms with Gasteiger partial charge in [-0.3, -0.25) is 4.90 Å². The SMILES string of the molecule is CC(O)(C#Cc1cc2c(cc1F)OCCN1C=CN(C(N)=O)C21)CF. The Labute approximate surface area is 143 Å². The minimum absolute atomic E-state index is 0.0331. The summed E-state index contributed by atoms with van der Waals surface area (Å²) >= 11 is 0. The van der Waals surface area contributed by atoms with E-state index in [2.05, 4.69) is 11.8 Å². The topological polar surface area (TPSA) is 79.0 Å². The molecule has 0 aromatic heterocycles. The van der Waals surface area contributed by atoms with Crippen LogP contribution in [0.15, 0.2) is 24.5 Å². The Hall–Kier alpha value is -2.79. The molecule has 1 aromatic carbocycles. The number of alkyl halides is 1. The van der Waals surface area contributed by atoms with Gasteiger partial charge in [-0.15, -0.1) is 0 Å². The normalized spacial score (nSPS) is 20.6. The molecule has 132 valence electrons. The molecule has 0 radical (unpaired) electrons. The third kappa shape index (κ3) is 3.23. The van der Waals surface area contributed by atoms with E-state index in [9.17, 15) is 18.7 Å². The Morgan fingerprint density at radius 1 is 1.52 bits per heavy atom. The quantitative estimate of drug-likeness (QED) is 0.753. The van der Waals surface area contributed by atoms with Crippen molar-refractivity contribution in [1.29, 1.82) is 0 Å². The van der Waals surface area contributed by atoms with Crippen LogP contribution in [-0.2, 0) is 0 Å². The number of aliphatic hydroxyl groups is 1. The number of carbonyl (C=O) groups excluding carboxylic acids is 1. The standard InChI is InChI=1S/C17H17F2N3O3/c1-17(24,10-18)3-2-11-8-12-14(9-13(11)19)25-7-6-21-4-5-22(15(12)21)16(20)23/h4-5,8-9,15,24H,6-7,10H2,1H3,(H2,20,23). The van der Waals surface area contributed by atoms with Crippen LogP contribution < -0.4 is 10.5 Å². The van der Waals surface area contributed by atoms with Crippen LogP contribution >= 0.6 is 0 Å². The van der Waals surface area contributed by atoms with Crippen LogP contribution in [0.3, 0.4) is 0 Å². The van der Waals surface area contributed by atoms with Gasteiger partial charge in [0.25, 0.3) is 0 Å². The van der Waals surface area contributed by atoms with Gasteiger partial charge in [0.05, 0.1) is 12.1 Å². The lowest BCUT2D eigenvalue weighted by atomic mass is 10.0. The monoisotopic (exact) mass is 349 g/mol. The van der Waals surface area contributed by atoms with Crippen molar-refractivity contribution in [2.45, 2.75) is 18.7 Å². The highest BCUT2D eigenvalue weighted by molar-refractivity contribution is 5.74. The number of hydrogen-bond acceptors (Lipinski definition) is 4. The van der Waals surface area contributed by atoms with Crippen molar-refractivity contribution in [3.8, 4) is 17.6 Å². The number of urea groups is 1. The fraction of sp³-hybridized carbons (Fsp3) is 0.353. The van der Waals surface area contributed by atoms with E-state index in [1.54, 1.807) is 12.4 Å². The maximum atomic E-state index is 14.3. The van der Waals surface area contributed by atoms with Crippen molar-refractivity contribution < 1.29 is 23.4 Å². The smallest absolute Gasteiger partial charge is 0.320 e. The molecule has 0 fully saturated rings. The third-order valence-corrected chi connectivity index (χ3v) is 3.96. The third-order valence-electron chi connectivity index (χ3n) is 3.96. The Morgan fingerprint density at radius 3 is 2.96 bits per heavy atom. The van der Waals surface area contributed by atoms with E-state index in [-0.39, 0.29) is 11.3 Å². The van der Waals surface area contributed by atoms with Gasteiger partial charge in [-0.05, 0) is 13.0 Å². The van der Waals surface area contributed by atoms with E-state index < -0.39 is 30.3 Å². The summed E-state index contributed by atoms with van der Waals surface area (Å²) < 4.78 is 32.5. The maximum absolute atomic E-state index is 14.3. The predicted molar refractivity (Wildman–Crippen MR) is 85.4 cm³/mol. The van der Waals surface area contributed by atoms with Gasteiger partial charge in [-0.25, -0.2) is 13.6 Å². The Bertz CT molecular complexity index is 798. The minimum atomic E-state index is -1.87. The summed E-state index contributed by atoms with van der Waals surface area (Å²) in [6.45, 7) is 0.910. The summed E-state index contributed by atoms with van der Waals surface area (Å²) in [7, 11) is 0. The molecule has 0 aliphatic carbocycles. The summed E-state index contributed by atoms with van der Waals surface area (Å²) in [5.41, 5.74) is 4.01. The molecule has 0 bridgehead atoms. The van der Waals surface area contributed by atoms with E-state index in [0.717, 1.165) is 0 Å². The zero-order chi connectivity index (χ0) is 18.2. The van der Waals surface area contributed by atoms with Gasteiger partial charge in [-0.1, -0.05) is 11.8 Å². The van der Waals surface area contributed by atoms with Gasteiger partial charge in [-0.2, -0.15) is 0 Å². The first-order chi connectivity index (χ1) is 11.8. The summed E-state index contributed by atoms with van der Waals surface area (Å²) in [6.07, 6.45) is 2.68. The predicted octanol–water partition coefficient (Wildman–Crippen LogP) is 1.46. The van der Waals surface area contributed by atoms with Crippen molar-refractivity contribution >= 4 is 6.03 Å². The Kier molecular flexibility index (Phi) is 4.27. The molecule has 3 rings (SSSR count). The lowest BCUT2D eigenvalue weighted by Crippen LogP contribution is -2.37. The largest absolute Gasteiger partial charge is 0.491 e. The summed E-state index contributed by atoms with van der Waals surface area (Å²) in [6, 6.07) is 1.94. The van der Waals surface area contributed by atoms with E-state index in [4.69, 9.17) is 10.5 Å². The van der Waals surface area contributed by atoms with E-state index >= 15 is 0 Å². The summed E-state index contributed by atoms with van der Waals surface area (Å²) in [5.74, 6) is 4.37. The average molecular weight is 349 g/mol. The molecule has 2 unspecified atom stereocenters. The van der Waals surface area contributed by atoms with Gasteiger partial charge in [0.2, 0.25) is 0 Å². The van der Waals surface area contributed by atoms with E-state index in [1.807, 2.05) is 4.90 Å². The Balaban J connectivity index is 2.07. The van der Waals surface area contributed by atoms with Gasteiger partial charge < -0.3 is 20.5 Å². The number of primary amides is 1. The number of rotatable bonds is 1. The molecule has 6 nitrogen and oxygen atoms in total. The number of nitrogens with zero attached hydrogens (tertiary/aromatic N) is 2. The summed E-state index contributed by atoms with van der Waals surface area (Å²) in [4.78, 5) is 14.8. The molecule has 2 aliphatic rings. The second-order valence-electron chi connectivity index (χ2n) is 6.03. The molecule has 0 saturated carbocycles. The molecule has 1 aromatic rings. The van der Waals surface area contributed by atoms with E-state index in [1.165, 1.54) is 24.0 Å². The number of ether oxygens (including phenoxy) is 1. The van der Waals surface area contributed by atoms with Gasteiger partial charge in [0, 0.05) is 24.0 Å². The maximum Gasteiger partial charge on any atom is 0.320 e. The van der Waals surface area contributed by atoms with Crippen LogP contribution in [0.2, 0.25) is 0 Å². The highest BCUT2D eigenvalue weighted by Gasteiger charge is 2.35. The number of nitrogens with two attached hydrogens (primary N) is 1. The lowest BCUT2D eigenvalue weighted by molar-refractivity contribution is 0.0905. The van der Waals surface area contributed by atoms with Crippen LogP contribution in [0.4, 0.5) is 13.6 Å². The molecule has 25 heavy (non-hydrogen) atoms. The van der Waals surface area contributed by atoms with E-state index in [0.29, 0.717) is 18.7 Å². The van der Waals surface area contributed by atoms with Gasteiger partial charge in [0.1, 0.15) is 31.0 Å². The Morgan fingerprint density at radius 2 is 2.28 bits per heavy atom. The molecule has 3 N–H and O–H groups in total. The summed E-state index contributed by atoms with van der Waals surface area (Å²) in [5, 5.41) is 9.64. The molecular formula is C17H17F2N3O3. The van der Waals surface area contributed by atoms with Crippen LogP contribution in [0.1, 0.15) is 24.2 Å². The number of halogens is 2. The van der Waals surface area contributed by atoms with Crippen molar-refractivity contribution in [3.63, 3.8) is 0 Å². The molecule has 2 heterocycles. The fourth-order valence-electron chi connectivity index (χ4n) is 2.69. The molecule has 2 amide bonds. The van der Waals surface area contributed by atoms with Gasteiger partial charge in [0.15, 0.2) is 5.60 Å². The average Bonchev–Trinajstić information content (AvgIpc) is 2.90. The highest BCUT2D eigenvalue weighted by Crippen LogP contribution is 2.39.